The van der Waals surface area contributed by atoms with Gasteiger partial charge in [-0.2, -0.15) is 13.2 Å². The van der Waals surface area contributed by atoms with Crippen LogP contribution in [-0.4, -0.2) is 36.9 Å². The molecule has 1 aliphatic heterocycles. The lowest BCUT2D eigenvalue weighted by Gasteiger charge is -2.32. The van der Waals surface area contributed by atoms with E-state index in [-0.39, 0.29) is 5.56 Å². The highest BCUT2D eigenvalue weighted by Crippen LogP contribution is 2.36. The first-order valence-corrected chi connectivity index (χ1v) is 7.22. The zero-order chi connectivity index (χ0) is 17.5. The second-order valence-corrected chi connectivity index (χ2v) is 6.51. The van der Waals surface area contributed by atoms with Gasteiger partial charge < -0.3 is 14.6 Å². The third-order valence-corrected chi connectivity index (χ3v) is 4.15. The van der Waals surface area contributed by atoms with Gasteiger partial charge in [0.15, 0.2) is 0 Å². The molecule has 0 aliphatic carbocycles. The van der Waals surface area contributed by atoms with Crippen molar-refractivity contribution in [2.24, 2.45) is 0 Å². The molecule has 4 nitrogen and oxygen atoms in total. The monoisotopic (exact) mass is 329 g/mol. The van der Waals surface area contributed by atoms with Crippen molar-refractivity contribution in [1.82, 2.24) is 5.32 Å². The largest absolute Gasteiger partial charge is 0.494 e. The zero-order valence-electron chi connectivity index (χ0n) is 13.5. The average molecular weight is 329 g/mol. The maximum absolute atomic E-state index is 12.1. The van der Waals surface area contributed by atoms with E-state index in [0.717, 1.165) is 0 Å². The minimum Gasteiger partial charge on any atom is -0.399 e. The maximum atomic E-state index is 12.1. The van der Waals surface area contributed by atoms with Gasteiger partial charge in [0, 0.05) is 5.56 Å². The predicted molar refractivity (Wildman–Crippen MR) is 80.5 cm³/mol. The second-order valence-electron chi connectivity index (χ2n) is 6.51. The van der Waals surface area contributed by atoms with E-state index >= 15 is 0 Å². The molecule has 2 rings (SSSR count). The number of halogens is 3. The number of rotatable bonds is 3. The third kappa shape index (κ3) is 4.06. The lowest BCUT2D eigenvalue weighted by molar-refractivity contribution is -0.123. The zero-order valence-corrected chi connectivity index (χ0v) is 13.5. The molecule has 0 radical (unpaired) electrons. The van der Waals surface area contributed by atoms with E-state index in [9.17, 15) is 18.0 Å². The molecular weight excluding hydrogens is 310 g/mol. The van der Waals surface area contributed by atoms with Gasteiger partial charge in [0.1, 0.15) is 6.54 Å². The van der Waals surface area contributed by atoms with Crippen molar-refractivity contribution >= 4 is 18.5 Å². The van der Waals surface area contributed by atoms with Gasteiger partial charge in [0.25, 0.3) is 5.91 Å². The second kappa shape index (κ2) is 5.83. The Labute approximate surface area is 133 Å². The van der Waals surface area contributed by atoms with Gasteiger partial charge >= 0.3 is 13.3 Å². The predicted octanol–water partition coefficient (Wildman–Crippen LogP) is 2.28. The molecule has 1 aromatic carbocycles. The van der Waals surface area contributed by atoms with E-state index in [4.69, 9.17) is 9.31 Å². The number of carbonyl (C=O) groups excluding carboxylic acids is 1. The molecule has 1 aromatic rings. The Morgan fingerprint density at radius 3 is 2.00 bits per heavy atom. The van der Waals surface area contributed by atoms with Gasteiger partial charge in [0.05, 0.1) is 11.2 Å². The molecule has 0 bridgehead atoms. The Hall–Kier alpha value is -1.54. The molecule has 0 aromatic heterocycles. The molecule has 23 heavy (non-hydrogen) atoms. The van der Waals surface area contributed by atoms with Crippen LogP contribution in [0.3, 0.4) is 0 Å². The van der Waals surface area contributed by atoms with Gasteiger partial charge in [-0.25, -0.2) is 0 Å². The van der Waals surface area contributed by atoms with E-state index < -0.39 is 36.9 Å². The minimum absolute atomic E-state index is 0.148. The summed E-state index contributed by atoms with van der Waals surface area (Å²) in [4.78, 5) is 11.7. The van der Waals surface area contributed by atoms with E-state index in [1.165, 1.54) is 12.1 Å². The first-order valence-electron chi connectivity index (χ1n) is 7.22. The van der Waals surface area contributed by atoms with Crippen LogP contribution in [0.15, 0.2) is 24.3 Å². The van der Waals surface area contributed by atoms with Crippen molar-refractivity contribution in [3.63, 3.8) is 0 Å². The normalized spacial score (nSPS) is 19.7. The molecule has 1 heterocycles. The molecule has 1 fully saturated rings. The number of hydrogen-bond donors (Lipinski definition) is 1. The summed E-state index contributed by atoms with van der Waals surface area (Å²) in [7, 11) is -0.577. The molecule has 1 aliphatic rings. The lowest BCUT2D eigenvalue weighted by atomic mass is 9.79. The summed E-state index contributed by atoms with van der Waals surface area (Å²) in [5, 5.41) is 1.83. The Kier molecular flexibility index (Phi) is 4.52. The van der Waals surface area contributed by atoms with Gasteiger partial charge in [-0.15, -0.1) is 0 Å². The molecule has 1 amide bonds. The lowest BCUT2D eigenvalue weighted by Crippen LogP contribution is -2.41. The molecule has 8 heteroatoms. The molecule has 0 unspecified atom stereocenters. The van der Waals surface area contributed by atoms with E-state index in [1.807, 2.05) is 33.0 Å². The Morgan fingerprint density at radius 1 is 1.09 bits per heavy atom. The fourth-order valence-corrected chi connectivity index (χ4v) is 2.05. The van der Waals surface area contributed by atoms with Crippen molar-refractivity contribution in [3.8, 4) is 0 Å². The fraction of sp³-hybridized carbons (Fsp3) is 0.533. The van der Waals surface area contributed by atoms with Crippen molar-refractivity contribution in [3.05, 3.63) is 29.8 Å². The topological polar surface area (TPSA) is 47.6 Å². The van der Waals surface area contributed by atoms with E-state index in [0.29, 0.717) is 5.46 Å². The Balaban J connectivity index is 2.05. The van der Waals surface area contributed by atoms with Crippen LogP contribution in [-0.2, 0) is 9.31 Å². The van der Waals surface area contributed by atoms with Crippen molar-refractivity contribution in [2.75, 3.05) is 6.54 Å². The Bertz CT molecular complexity index is 569. The van der Waals surface area contributed by atoms with Gasteiger partial charge in [-0.1, -0.05) is 12.1 Å². The molecule has 0 saturated carbocycles. The first-order chi connectivity index (χ1) is 10.4. The highest BCUT2D eigenvalue weighted by molar-refractivity contribution is 6.62. The summed E-state index contributed by atoms with van der Waals surface area (Å²) in [6, 6.07) is 6.13. The third-order valence-electron chi connectivity index (χ3n) is 4.15. The van der Waals surface area contributed by atoms with Gasteiger partial charge in [-0.05, 0) is 45.3 Å². The smallest absolute Gasteiger partial charge is 0.399 e. The first kappa shape index (κ1) is 17.8. The molecule has 0 atom stereocenters. The van der Waals surface area contributed by atoms with Crippen LogP contribution in [0.2, 0.25) is 0 Å². The molecular formula is C15H19BF3NO3. The quantitative estimate of drug-likeness (QED) is 0.866. The summed E-state index contributed by atoms with van der Waals surface area (Å²) in [6.07, 6.45) is -4.43. The standard InChI is InChI=1S/C15H19BF3NO3/c1-13(2)14(3,4)23-16(22-13)11-7-5-10(6-8-11)12(21)20-9-15(17,18)19/h5-8H,9H2,1-4H3,(H,20,21). The number of nitrogens with one attached hydrogen (secondary N) is 1. The highest BCUT2D eigenvalue weighted by atomic mass is 19.4. The summed E-state index contributed by atoms with van der Waals surface area (Å²) in [6.45, 7) is 6.33. The van der Waals surface area contributed by atoms with Gasteiger partial charge in [-0.3, -0.25) is 4.79 Å². The number of hydrogen-bond acceptors (Lipinski definition) is 3. The summed E-state index contributed by atoms with van der Waals surface area (Å²) in [5.41, 5.74) is -0.119. The molecule has 1 N–H and O–H groups in total. The summed E-state index contributed by atoms with van der Waals surface area (Å²) >= 11 is 0. The number of carbonyl (C=O) groups is 1. The molecule has 126 valence electrons. The fourth-order valence-electron chi connectivity index (χ4n) is 2.05. The SMILES string of the molecule is CC1(C)OB(c2ccc(C(=O)NCC(F)(F)F)cc2)OC1(C)C. The van der Waals surface area contributed by atoms with Crippen molar-refractivity contribution < 1.29 is 27.3 Å². The summed E-state index contributed by atoms with van der Waals surface area (Å²) < 4.78 is 48.0. The Morgan fingerprint density at radius 2 is 1.57 bits per heavy atom. The molecule has 0 spiro atoms. The van der Waals surface area contributed by atoms with E-state index in [1.54, 1.807) is 12.1 Å². The average Bonchev–Trinajstić information content (AvgIpc) is 2.64. The maximum Gasteiger partial charge on any atom is 0.494 e. The van der Waals surface area contributed by atoms with Crippen LogP contribution < -0.4 is 10.8 Å². The van der Waals surface area contributed by atoms with Crippen molar-refractivity contribution in [2.45, 2.75) is 45.1 Å². The highest BCUT2D eigenvalue weighted by Gasteiger charge is 2.51. The van der Waals surface area contributed by atoms with Crippen molar-refractivity contribution in [1.29, 1.82) is 0 Å². The van der Waals surface area contributed by atoms with Crippen LogP contribution in [0.25, 0.3) is 0 Å². The number of benzene rings is 1. The minimum atomic E-state index is -4.43. The van der Waals surface area contributed by atoms with Crippen LogP contribution in [0.4, 0.5) is 13.2 Å². The van der Waals surface area contributed by atoms with Crippen LogP contribution in [0.5, 0.6) is 0 Å². The van der Waals surface area contributed by atoms with Crippen LogP contribution in [0.1, 0.15) is 38.1 Å². The van der Waals surface area contributed by atoms with Gasteiger partial charge in [0.2, 0.25) is 0 Å². The number of alkyl halides is 3. The molecule has 1 saturated heterocycles. The number of amides is 1. The van der Waals surface area contributed by atoms with E-state index in [2.05, 4.69) is 0 Å². The van der Waals surface area contributed by atoms with Crippen LogP contribution >= 0.6 is 0 Å². The summed E-state index contributed by atoms with van der Waals surface area (Å²) in [5.74, 6) is -0.775. The van der Waals surface area contributed by atoms with Crippen LogP contribution in [0, 0.1) is 0 Å².